The molecular formula is C17H20N2O2. The van der Waals surface area contributed by atoms with Gasteiger partial charge in [-0.3, -0.25) is 10.1 Å². The number of aryl methyl sites for hydroxylation is 2. The smallest absolute Gasteiger partial charge is 0.269 e. The van der Waals surface area contributed by atoms with Crippen LogP contribution < -0.4 is 5.32 Å². The summed E-state index contributed by atoms with van der Waals surface area (Å²) >= 11 is 0. The molecule has 0 radical (unpaired) electrons. The Hall–Kier alpha value is -2.20. The molecule has 1 N–H and O–H groups in total. The summed E-state index contributed by atoms with van der Waals surface area (Å²) in [5, 5.41) is 14.0. The van der Waals surface area contributed by atoms with Crippen LogP contribution in [-0.2, 0) is 13.0 Å². The minimum atomic E-state index is -0.372. The molecule has 2 aromatic carbocycles. The monoisotopic (exact) mass is 284 g/mol. The van der Waals surface area contributed by atoms with Crippen molar-refractivity contribution in [2.24, 2.45) is 0 Å². The highest BCUT2D eigenvalue weighted by Gasteiger charge is 2.03. The maximum Gasteiger partial charge on any atom is 0.269 e. The number of benzene rings is 2. The first-order valence-electron chi connectivity index (χ1n) is 7.06. The Labute approximate surface area is 125 Å². The molecule has 0 aliphatic rings. The van der Waals surface area contributed by atoms with Crippen LogP contribution in [0.1, 0.15) is 22.3 Å². The van der Waals surface area contributed by atoms with Crippen LogP contribution in [0.15, 0.2) is 42.5 Å². The molecule has 0 saturated carbocycles. The quantitative estimate of drug-likeness (QED) is 0.501. The number of hydrogen-bond acceptors (Lipinski definition) is 3. The fourth-order valence-electron chi connectivity index (χ4n) is 2.23. The molecule has 0 aromatic heterocycles. The second-order valence-corrected chi connectivity index (χ2v) is 5.28. The second-order valence-electron chi connectivity index (χ2n) is 5.28. The Morgan fingerprint density at radius 3 is 2.48 bits per heavy atom. The zero-order chi connectivity index (χ0) is 15.2. The highest BCUT2D eigenvalue weighted by molar-refractivity contribution is 5.33. The first-order valence-corrected chi connectivity index (χ1v) is 7.06. The van der Waals surface area contributed by atoms with Gasteiger partial charge in [0.15, 0.2) is 0 Å². The molecule has 0 saturated heterocycles. The third-order valence-corrected chi connectivity index (χ3v) is 3.56. The van der Waals surface area contributed by atoms with Gasteiger partial charge in [0.1, 0.15) is 0 Å². The van der Waals surface area contributed by atoms with Gasteiger partial charge in [0.2, 0.25) is 0 Å². The molecule has 4 nitrogen and oxygen atoms in total. The van der Waals surface area contributed by atoms with Crippen molar-refractivity contribution in [2.75, 3.05) is 6.54 Å². The van der Waals surface area contributed by atoms with E-state index in [2.05, 4.69) is 37.4 Å². The summed E-state index contributed by atoms with van der Waals surface area (Å²) in [6.45, 7) is 5.91. The Bertz CT molecular complexity index is 621. The summed E-state index contributed by atoms with van der Waals surface area (Å²) in [6.07, 6.45) is 0.864. The number of non-ortho nitro benzene ring substituents is 1. The zero-order valence-corrected chi connectivity index (χ0v) is 12.4. The fraction of sp³-hybridized carbons (Fsp3) is 0.294. The molecule has 4 heteroatoms. The summed E-state index contributed by atoms with van der Waals surface area (Å²) in [5.74, 6) is 0. The van der Waals surface area contributed by atoms with Crippen LogP contribution in [0, 0.1) is 24.0 Å². The molecule has 0 bridgehead atoms. The first-order chi connectivity index (χ1) is 10.1. The Morgan fingerprint density at radius 2 is 1.81 bits per heavy atom. The van der Waals surface area contributed by atoms with Gasteiger partial charge in [-0.05, 0) is 43.5 Å². The lowest BCUT2D eigenvalue weighted by atomic mass is 10.1. The van der Waals surface area contributed by atoms with Gasteiger partial charge in [0.05, 0.1) is 4.92 Å². The number of rotatable bonds is 6. The Kier molecular flexibility index (Phi) is 5.06. The van der Waals surface area contributed by atoms with Crippen molar-refractivity contribution in [1.82, 2.24) is 5.32 Å². The molecule has 0 aliphatic carbocycles. The number of nitrogens with zero attached hydrogens (tertiary/aromatic N) is 1. The number of nitrogens with one attached hydrogen (secondary N) is 1. The maximum atomic E-state index is 10.6. The summed E-state index contributed by atoms with van der Waals surface area (Å²) in [6, 6.07) is 13.2. The van der Waals surface area contributed by atoms with E-state index in [-0.39, 0.29) is 10.6 Å². The molecule has 2 rings (SSSR count). The zero-order valence-electron chi connectivity index (χ0n) is 12.4. The van der Waals surface area contributed by atoms with Crippen molar-refractivity contribution in [3.05, 3.63) is 74.8 Å². The van der Waals surface area contributed by atoms with Crippen molar-refractivity contribution in [2.45, 2.75) is 26.8 Å². The third kappa shape index (κ3) is 4.39. The van der Waals surface area contributed by atoms with Gasteiger partial charge in [-0.25, -0.2) is 0 Å². The van der Waals surface area contributed by atoms with Crippen molar-refractivity contribution in [1.29, 1.82) is 0 Å². The molecule has 21 heavy (non-hydrogen) atoms. The van der Waals surface area contributed by atoms with Crippen LogP contribution in [0.4, 0.5) is 5.69 Å². The predicted molar refractivity (Wildman–Crippen MR) is 84.4 cm³/mol. The summed E-state index contributed by atoms with van der Waals surface area (Å²) in [5.41, 5.74) is 5.13. The summed E-state index contributed by atoms with van der Waals surface area (Å²) in [4.78, 5) is 10.2. The SMILES string of the molecule is Cc1ccc(C)c(CNCCc2ccc([N+](=O)[O-])cc2)c1. The van der Waals surface area contributed by atoms with E-state index < -0.39 is 0 Å². The summed E-state index contributed by atoms with van der Waals surface area (Å²) < 4.78 is 0. The minimum Gasteiger partial charge on any atom is -0.312 e. The second kappa shape index (κ2) is 6.99. The van der Waals surface area contributed by atoms with E-state index in [9.17, 15) is 10.1 Å². The van der Waals surface area contributed by atoms with Crippen LogP contribution in [0.2, 0.25) is 0 Å². The van der Waals surface area contributed by atoms with Gasteiger partial charge in [-0.2, -0.15) is 0 Å². The van der Waals surface area contributed by atoms with E-state index >= 15 is 0 Å². The Balaban J connectivity index is 1.81. The molecule has 0 heterocycles. The molecule has 0 fully saturated rings. The maximum absolute atomic E-state index is 10.6. The van der Waals surface area contributed by atoms with Gasteiger partial charge >= 0.3 is 0 Å². The molecule has 110 valence electrons. The molecule has 0 unspecified atom stereocenters. The van der Waals surface area contributed by atoms with E-state index in [0.29, 0.717) is 0 Å². The highest BCUT2D eigenvalue weighted by atomic mass is 16.6. The number of hydrogen-bond donors (Lipinski definition) is 1. The number of nitro groups is 1. The first kappa shape index (κ1) is 15.2. The molecule has 0 amide bonds. The van der Waals surface area contributed by atoms with E-state index in [4.69, 9.17) is 0 Å². The van der Waals surface area contributed by atoms with E-state index in [1.807, 2.05) is 12.1 Å². The van der Waals surface area contributed by atoms with E-state index in [1.54, 1.807) is 12.1 Å². The largest absolute Gasteiger partial charge is 0.312 e. The molecule has 0 atom stereocenters. The van der Waals surface area contributed by atoms with Gasteiger partial charge in [-0.1, -0.05) is 35.9 Å². The van der Waals surface area contributed by atoms with E-state index in [0.717, 1.165) is 25.1 Å². The standard InChI is InChI=1S/C17H20N2O2/c1-13-3-4-14(2)16(11-13)12-18-10-9-15-5-7-17(8-6-15)19(20)21/h3-8,11,18H,9-10,12H2,1-2H3. The fourth-order valence-corrected chi connectivity index (χ4v) is 2.23. The van der Waals surface area contributed by atoms with Crippen molar-refractivity contribution in [3.8, 4) is 0 Å². The van der Waals surface area contributed by atoms with Crippen LogP contribution in [0.5, 0.6) is 0 Å². The average Bonchev–Trinajstić information content (AvgIpc) is 2.47. The average molecular weight is 284 g/mol. The molecule has 2 aromatic rings. The van der Waals surface area contributed by atoms with Crippen molar-refractivity contribution < 1.29 is 4.92 Å². The topological polar surface area (TPSA) is 55.2 Å². The molecular weight excluding hydrogens is 264 g/mol. The lowest BCUT2D eigenvalue weighted by Gasteiger charge is -2.09. The van der Waals surface area contributed by atoms with Gasteiger partial charge in [-0.15, -0.1) is 0 Å². The lowest BCUT2D eigenvalue weighted by molar-refractivity contribution is -0.384. The third-order valence-electron chi connectivity index (χ3n) is 3.56. The van der Waals surface area contributed by atoms with Crippen LogP contribution in [0.25, 0.3) is 0 Å². The van der Waals surface area contributed by atoms with E-state index in [1.165, 1.54) is 16.7 Å². The van der Waals surface area contributed by atoms with Crippen LogP contribution in [-0.4, -0.2) is 11.5 Å². The van der Waals surface area contributed by atoms with Gasteiger partial charge < -0.3 is 5.32 Å². The molecule has 0 aliphatic heterocycles. The van der Waals surface area contributed by atoms with Crippen LogP contribution in [0.3, 0.4) is 0 Å². The van der Waals surface area contributed by atoms with Crippen LogP contribution >= 0.6 is 0 Å². The summed E-state index contributed by atoms with van der Waals surface area (Å²) in [7, 11) is 0. The van der Waals surface area contributed by atoms with Crippen molar-refractivity contribution >= 4 is 5.69 Å². The normalized spacial score (nSPS) is 10.6. The van der Waals surface area contributed by atoms with Crippen molar-refractivity contribution in [3.63, 3.8) is 0 Å². The van der Waals surface area contributed by atoms with Gasteiger partial charge in [0.25, 0.3) is 5.69 Å². The lowest BCUT2D eigenvalue weighted by Crippen LogP contribution is -2.17. The molecule has 0 spiro atoms. The highest BCUT2D eigenvalue weighted by Crippen LogP contribution is 2.12. The minimum absolute atomic E-state index is 0.141. The number of nitro benzene ring substituents is 1. The van der Waals surface area contributed by atoms with Gasteiger partial charge in [0, 0.05) is 18.7 Å². The Morgan fingerprint density at radius 1 is 1.10 bits per heavy atom. The predicted octanol–water partition coefficient (Wildman–Crippen LogP) is 3.54.